The molecule has 4 nitrogen and oxygen atoms in total. The van der Waals surface area contributed by atoms with Gasteiger partial charge in [-0.05, 0) is 26.0 Å². The Bertz CT molecular complexity index is 443. The molecule has 1 fully saturated rings. The highest BCUT2D eigenvalue weighted by molar-refractivity contribution is 5.78. The summed E-state index contributed by atoms with van der Waals surface area (Å²) in [6.07, 6.45) is 0. The first kappa shape index (κ1) is 13.8. The summed E-state index contributed by atoms with van der Waals surface area (Å²) < 4.78 is 18.6. The van der Waals surface area contributed by atoms with E-state index in [9.17, 15) is 9.18 Å². The molecule has 2 atom stereocenters. The first-order valence-electron chi connectivity index (χ1n) is 6.47. The molecule has 2 unspecified atom stereocenters. The summed E-state index contributed by atoms with van der Waals surface area (Å²) in [6.45, 7) is 5.26. The van der Waals surface area contributed by atoms with Gasteiger partial charge in [-0.15, -0.1) is 0 Å². The van der Waals surface area contributed by atoms with Crippen LogP contribution in [-0.2, 0) is 4.79 Å². The molecule has 1 aliphatic rings. The minimum absolute atomic E-state index is 0.108. The maximum absolute atomic E-state index is 13.3. The molecule has 1 heterocycles. The van der Waals surface area contributed by atoms with Crippen molar-refractivity contribution in [2.24, 2.45) is 0 Å². The topological polar surface area (TPSA) is 41.6 Å². The van der Waals surface area contributed by atoms with Crippen molar-refractivity contribution >= 4 is 5.91 Å². The van der Waals surface area contributed by atoms with Crippen LogP contribution in [0.5, 0.6) is 5.75 Å². The molecule has 1 aromatic rings. The van der Waals surface area contributed by atoms with E-state index in [1.54, 1.807) is 17.0 Å². The second-order valence-electron chi connectivity index (χ2n) is 4.99. The van der Waals surface area contributed by atoms with E-state index in [1.807, 2.05) is 13.8 Å². The molecule has 0 aromatic heterocycles. The zero-order valence-corrected chi connectivity index (χ0v) is 11.2. The summed E-state index contributed by atoms with van der Waals surface area (Å²) in [5.41, 5.74) is 0. The van der Waals surface area contributed by atoms with Crippen LogP contribution in [-0.4, -0.2) is 42.6 Å². The number of para-hydroxylation sites is 1. The van der Waals surface area contributed by atoms with Gasteiger partial charge in [0.05, 0.1) is 0 Å². The lowest BCUT2D eigenvalue weighted by molar-refractivity contribution is -0.135. The van der Waals surface area contributed by atoms with Crippen molar-refractivity contribution in [1.29, 1.82) is 0 Å². The van der Waals surface area contributed by atoms with Crippen LogP contribution in [0.4, 0.5) is 4.39 Å². The number of ether oxygens (including phenoxy) is 1. The van der Waals surface area contributed by atoms with E-state index in [1.165, 1.54) is 12.1 Å². The Morgan fingerprint density at radius 2 is 2.00 bits per heavy atom. The summed E-state index contributed by atoms with van der Waals surface area (Å²) in [7, 11) is 0. The summed E-state index contributed by atoms with van der Waals surface area (Å²) >= 11 is 0. The number of amides is 1. The van der Waals surface area contributed by atoms with E-state index in [0.717, 1.165) is 0 Å². The van der Waals surface area contributed by atoms with Crippen molar-refractivity contribution < 1.29 is 13.9 Å². The van der Waals surface area contributed by atoms with Crippen LogP contribution >= 0.6 is 0 Å². The van der Waals surface area contributed by atoms with Gasteiger partial charge in [-0.3, -0.25) is 4.79 Å². The Labute approximate surface area is 112 Å². The highest BCUT2D eigenvalue weighted by atomic mass is 19.1. The molecule has 104 valence electrons. The molecule has 0 aliphatic carbocycles. The maximum Gasteiger partial charge on any atom is 0.260 e. The third-order valence-corrected chi connectivity index (χ3v) is 3.10. The van der Waals surface area contributed by atoms with E-state index >= 15 is 0 Å². The molecular formula is C14H19FN2O2. The van der Waals surface area contributed by atoms with Crippen LogP contribution in [0.1, 0.15) is 13.8 Å². The largest absolute Gasteiger partial charge is 0.481 e. The zero-order valence-electron chi connectivity index (χ0n) is 11.2. The minimum atomic E-state index is -0.447. The minimum Gasteiger partial charge on any atom is -0.481 e. The maximum atomic E-state index is 13.3. The van der Waals surface area contributed by atoms with Crippen molar-refractivity contribution in [3.63, 3.8) is 0 Å². The summed E-state index contributed by atoms with van der Waals surface area (Å²) in [4.78, 5) is 13.8. The van der Waals surface area contributed by atoms with Gasteiger partial charge in [0.1, 0.15) is 0 Å². The fraction of sp³-hybridized carbons (Fsp3) is 0.500. The molecule has 0 bridgehead atoms. The van der Waals surface area contributed by atoms with E-state index in [-0.39, 0.29) is 30.3 Å². The Hall–Kier alpha value is -1.62. The molecule has 1 aliphatic heterocycles. The van der Waals surface area contributed by atoms with E-state index in [4.69, 9.17) is 4.74 Å². The Kier molecular flexibility index (Phi) is 4.37. The van der Waals surface area contributed by atoms with Gasteiger partial charge < -0.3 is 15.0 Å². The van der Waals surface area contributed by atoms with Gasteiger partial charge >= 0.3 is 0 Å². The van der Waals surface area contributed by atoms with Gasteiger partial charge in [0.25, 0.3) is 5.91 Å². The predicted octanol–water partition coefficient (Wildman–Crippen LogP) is 1.41. The molecule has 1 aromatic carbocycles. The number of nitrogens with zero attached hydrogens (tertiary/aromatic N) is 1. The number of halogens is 1. The quantitative estimate of drug-likeness (QED) is 0.899. The molecule has 0 saturated carbocycles. The molecule has 1 amide bonds. The smallest absolute Gasteiger partial charge is 0.260 e. The number of hydrogen-bond donors (Lipinski definition) is 1. The van der Waals surface area contributed by atoms with Crippen molar-refractivity contribution in [3.8, 4) is 5.75 Å². The standard InChI is InChI=1S/C14H19FN2O2/c1-10-7-17(8-11(2)16-10)14(18)9-19-13-6-4-3-5-12(13)15/h3-6,10-11,16H,7-9H2,1-2H3. The van der Waals surface area contributed by atoms with Crippen LogP contribution in [0.25, 0.3) is 0 Å². The lowest BCUT2D eigenvalue weighted by Gasteiger charge is -2.36. The number of piperazine rings is 1. The fourth-order valence-corrected chi connectivity index (χ4v) is 2.32. The van der Waals surface area contributed by atoms with E-state index in [2.05, 4.69) is 5.32 Å². The predicted molar refractivity (Wildman–Crippen MR) is 70.5 cm³/mol. The summed E-state index contributed by atoms with van der Waals surface area (Å²) in [5.74, 6) is -0.437. The van der Waals surface area contributed by atoms with E-state index in [0.29, 0.717) is 13.1 Å². The van der Waals surface area contributed by atoms with Gasteiger partial charge in [-0.25, -0.2) is 4.39 Å². The molecule has 0 radical (unpaired) electrons. The Morgan fingerprint density at radius 3 is 2.63 bits per heavy atom. The monoisotopic (exact) mass is 266 g/mol. The number of benzene rings is 1. The first-order chi connectivity index (χ1) is 9.06. The lowest BCUT2D eigenvalue weighted by atomic mass is 10.1. The number of rotatable bonds is 3. The van der Waals surface area contributed by atoms with Crippen LogP contribution in [0, 0.1) is 5.82 Å². The van der Waals surface area contributed by atoms with Crippen molar-refractivity contribution in [1.82, 2.24) is 10.2 Å². The van der Waals surface area contributed by atoms with Gasteiger partial charge in [0.15, 0.2) is 18.2 Å². The van der Waals surface area contributed by atoms with Crippen LogP contribution in [0.2, 0.25) is 0 Å². The SMILES string of the molecule is CC1CN(C(=O)COc2ccccc2F)CC(C)N1. The van der Waals surface area contributed by atoms with Crippen molar-refractivity contribution in [3.05, 3.63) is 30.1 Å². The second-order valence-corrected chi connectivity index (χ2v) is 4.99. The third-order valence-electron chi connectivity index (χ3n) is 3.10. The number of carbonyl (C=O) groups is 1. The average molecular weight is 266 g/mol. The Morgan fingerprint density at radius 1 is 1.37 bits per heavy atom. The molecule has 1 saturated heterocycles. The van der Waals surface area contributed by atoms with Gasteiger partial charge in [0.2, 0.25) is 0 Å². The summed E-state index contributed by atoms with van der Waals surface area (Å²) in [5, 5.41) is 3.35. The van der Waals surface area contributed by atoms with E-state index < -0.39 is 5.82 Å². The van der Waals surface area contributed by atoms with Crippen LogP contribution in [0.15, 0.2) is 24.3 Å². The molecule has 5 heteroatoms. The molecule has 0 spiro atoms. The number of nitrogens with one attached hydrogen (secondary N) is 1. The highest BCUT2D eigenvalue weighted by Crippen LogP contribution is 2.15. The average Bonchev–Trinajstić information content (AvgIpc) is 2.36. The molecule has 1 N–H and O–H groups in total. The van der Waals surface area contributed by atoms with Gasteiger partial charge in [-0.2, -0.15) is 0 Å². The molecule has 2 rings (SSSR count). The second kappa shape index (κ2) is 6.02. The van der Waals surface area contributed by atoms with Crippen molar-refractivity contribution in [2.75, 3.05) is 19.7 Å². The first-order valence-corrected chi connectivity index (χ1v) is 6.47. The molecule has 19 heavy (non-hydrogen) atoms. The lowest BCUT2D eigenvalue weighted by Crippen LogP contribution is -2.56. The number of hydrogen-bond acceptors (Lipinski definition) is 3. The zero-order chi connectivity index (χ0) is 13.8. The number of carbonyl (C=O) groups excluding carboxylic acids is 1. The Balaban J connectivity index is 1.89. The van der Waals surface area contributed by atoms with Crippen LogP contribution in [0.3, 0.4) is 0 Å². The summed E-state index contributed by atoms with van der Waals surface area (Å²) in [6, 6.07) is 6.63. The van der Waals surface area contributed by atoms with Gasteiger partial charge in [-0.1, -0.05) is 12.1 Å². The normalized spacial score (nSPS) is 23.2. The molecular weight excluding hydrogens is 247 g/mol. The fourth-order valence-electron chi connectivity index (χ4n) is 2.32. The van der Waals surface area contributed by atoms with Crippen molar-refractivity contribution in [2.45, 2.75) is 25.9 Å². The third kappa shape index (κ3) is 3.67. The highest BCUT2D eigenvalue weighted by Gasteiger charge is 2.24. The van der Waals surface area contributed by atoms with Crippen LogP contribution < -0.4 is 10.1 Å². The van der Waals surface area contributed by atoms with Gasteiger partial charge in [0, 0.05) is 25.2 Å².